The topological polar surface area (TPSA) is 30.2 Å². The van der Waals surface area contributed by atoms with Crippen LogP contribution >= 0.6 is 0 Å². The fraction of sp³-hybridized carbons (Fsp3) is 0.118. The van der Waals surface area contributed by atoms with E-state index in [-0.39, 0.29) is 0 Å². The molecule has 0 N–H and O–H groups in total. The van der Waals surface area contributed by atoms with Crippen molar-refractivity contribution in [3.63, 3.8) is 0 Å². The number of rotatable bonds is 3. The van der Waals surface area contributed by atoms with Crippen molar-refractivity contribution in [2.75, 3.05) is 0 Å². The molecule has 2 heteroatoms. The minimum absolute atomic E-state index is 0.646. The molecule has 2 nitrogen and oxygen atoms in total. The second kappa shape index (κ2) is 4.73. The summed E-state index contributed by atoms with van der Waals surface area (Å²) >= 11 is 0. The van der Waals surface area contributed by atoms with E-state index in [0.29, 0.717) is 5.56 Å². The molecule has 0 fully saturated rings. The number of hydrogen-bond donors (Lipinski definition) is 0. The monoisotopic (exact) mass is 250 g/mol. The maximum atomic E-state index is 10.8. The van der Waals surface area contributed by atoms with E-state index in [0.717, 1.165) is 35.0 Å². The van der Waals surface area contributed by atoms with Gasteiger partial charge in [-0.3, -0.25) is 4.79 Å². The molecule has 1 aromatic heterocycles. The first-order valence-electron chi connectivity index (χ1n) is 6.29. The zero-order chi connectivity index (χ0) is 13.2. The molecule has 1 heterocycles. The maximum absolute atomic E-state index is 10.8. The van der Waals surface area contributed by atoms with E-state index >= 15 is 0 Å². The van der Waals surface area contributed by atoms with Crippen molar-refractivity contribution in [2.45, 2.75) is 13.3 Å². The molecule has 0 spiro atoms. The molecular formula is C17H14O2. The predicted molar refractivity (Wildman–Crippen MR) is 75.6 cm³/mol. The third-order valence-electron chi connectivity index (χ3n) is 3.40. The molecule has 19 heavy (non-hydrogen) atoms. The van der Waals surface area contributed by atoms with E-state index in [2.05, 4.69) is 19.1 Å². The summed E-state index contributed by atoms with van der Waals surface area (Å²) in [6.07, 6.45) is 1.62. The molecule has 0 atom stereocenters. The van der Waals surface area contributed by atoms with E-state index in [4.69, 9.17) is 4.42 Å². The van der Waals surface area contributed by atoms with Crippen LogP contribution in [-0.2, 0) is 6.42 Å². The molecule has 0 amide bonds. The van der Waals surface area contributed by atoms with Gasteiger partial charge in [-0.1, -0.05) is 42.5 Å². The first-order chi connectivity index (χ1) is 9.28. The Bertz CT molecular complexity index is 724. The van der Waals surface area contributed by atoms with Crippen molar-refractivity contribution < 1.29 is 9.21 Å². The lowest BCUT2D eigenvalue weighted by atomic mass is 10.1. The smallest absolute Gasteiger partial charge is 0.150 e. The summed E-state index contributed by atoms with van der Waals surface area (Å²) in [7, 11) is 0. The van der Waals surface area contributed by atoms with Crippen LogP contribution in [0.1, 0.15) is 27.2 Å². The number of benzene rings is 2. The normalized spacial score (nSPS) is 10.8. The molecule has 94 valence electrons. The summed E-state index contributed by atoms with van der Waals surface area (Å²) in [6, 6.07) is 15.8. The van der Waals surface area contributed by atoms with Crippen LogP contribution in [0.4, 0.5) is 0 Å². The summed E-state index contributed by atoms with van der Waals surface area (Å²) < 4.78 is 5.89. The van der Waals surface area contributed by atoms with Gasteiger partial charge >= 0.3 is 0 Å². The quantitative estimate of drug-likeness (QED) is 0.654. The first kappa shape index (κ1) is 11.7. The van der Waals surface area contributed by atoms with Gasteiger partial charge in [0.1, 0.15) is 17.6 Å². The third-order valence-corrected chi connectivity index (χ3v) is 3.40. The zero-order valence-corrected chi connectivity index (χ0v) is 10.7. The Balaban J connectivity index is 2.05. The molecule has 0 saturated heterocycles. The fourth-order valence-corrected chi connectivity index (χ4v) is 2.32. The number of aldehydes is 1. The van der Waals surface area contributed by atoms with Gasteiger partial charge in [0.05, 0.1) is 0 Å². The lowest BCUT2D eigenvalue weighted by Crippen LogP contribution is -1.87. The number of aryl methyl sites for hydroxylation is 1. The number of hydrogen-bond acceptors (Lipinski definition) is 2. The number of fused-ring (bicyclic) bond motifs is 1. The van der Waals surface area contributed by atoms with Crippen molar-refractivity contribution in [2.24, 2.45) is 0 Å². The van der Waals surface area contributed by atoms with Gasteiger partial charge in [0.2, 0.25) is 0 Å². The van der Waals surface area contributed by atoms with Crippen molar-refractivity contribution in [1.82, 2.24) is 0 Å². The van der Waals surface area contributed by atoms with Crippen LogP contribution in [0, 0.1) is 6.92 Å². The minimum atomic E-state index is 0.646. The molecule has 0 aliphatic carbocycles. The van der Waals surface area contributed by atoms with Gasteiger partial charge in [-0.15, -0.1) is 0 Å². The summed E-state index contributed by atoms with van der Waals surface area (Å²) in [4.78, 5) is 10.8. The van der Waals surface area contributed by atoms with Crippen LogP contribution in [0.5, 0.6) is 0 Å². The SMILES string of the molecule is Cc1c(Cc2ccccc2)oc2cc(C=O)ccc12. The molecule has 0 radical (unpaired) electrons. The first-order valence-corrected chi connectivity index (χ1v) is 6.29. The summed E-state index contributed by atoms with van der Waals surface area (Å²) in [5, 5.41) is 1.08. The molecule has 0 saturated carbocycles. The van der Waals surface area contributed by atoms with Gasteiger partial charge in [0.15, 0.2) is 0 Å². The van der Waals surface area contributed by atoms with E-state index in [9.17, 15) is 4.79 Å². The summed E-state index contributed by atoms with van der Waals surface area (Å²) in [5.41, 5.74) is 3.80. The Morgan fingerprint density at radius 3 is 2.63 bits per heavy atom. The van der Waals surface area contributed by atoms with Crippen LogP contribution in [-0.4, -0.2) is 6.29 Å². The highest BCUT2D eigenvalue weighted by Gasteiger charge is 2.11. The molecule has 0 aliphatic rings. The lowest BCUT2D eigenvalue weighted by molar-refractivity contribution is 0.112. The van der Waals surface area contributed by atoms with E-state index < -0.39 is 0 Å². The number of furan rings is 1. The fourth-order valence-electron chi connectivity index (χ4n) is 2.32. The molecule has 0 bridgehead atoms. The van der Waals surface area contributed by atoms with Gasteiger partial charge in [0, 0.05) is 17.4 Å². The highest BCUT2D eigenvalue weighted by molar-refractivity contribution is 5.88. The standard InChI is InChI=1S/C17H14O2/c1-12-15-8-7-14(11-18)10-17(15)19-16(12)9-13-5-3-2-4-6-13/h2-8,10-11H,9H2,1H3. The van der Waals surface area contributed by atoms with Crippen LogP contribution in [0.3, 0.4) is 0 Å². The van der Waals surface area contributed by atoms with Gasteiger partial charge in [0.25, 0.3) is 0 Å². The second-order valence-electron chi connectivity index (χ2n) is 4.69. The number of carbonyl (C=O) groups excluding carboxylic acids is 1. The molecule has 2 aromatic carbocycles. The van der Waals surface area contributed by atoms with Gasteiger partial charge in [-0.25, -0.2) is 0 Å². The third kappa shape index (κ3) is 2.17. The Kier molecular flexibility index (Phi) is 2.92. The molecule has 3 rings (SSSR count). The van der Waals surface area contributed by atoms with Crippen molar-refractivity contribution in [1.29, 1.82) is 0 Å². The minimum Gasteiger partial charge on any atom is -0.460 e. The van der Waals surface area contributed by atoms with E-state index in [1.54, 1.807) is 6.07 Å². The van der Waals surface area contributed by atoms with Crippen molar-refractivity contribution in [3.05, 3.63) is 71.0 Å². The Morgan fingerprint density at radius 1 is 1.11 bits per heavy atom. The van der Waals surface area contributed by atoms with E-state index in [1.165, 1.54) is 5.56 Å². The van der Waals surface area contributed by atoms with Crippen LogP contribution in [0.2, 0.25) is 0 Å². The van der Waals surface area contributed by atoms with Gasteiger partial charge < -0.3 is 4.42 Å². The maximum Gasteiger partial charge on any atom is 0.150 e. The van der Waals surface area contributed by atoms with Gasteiger partial charge in [-0.05, 0) is 24.1 Å². The highest BCUT2D eigenvalue weighted by Crippen LogP contribution is 2.27. The molecular weight excluding hydrogens is 236 g/mol. The Labute approximate surface area is 111 Å². The van der Waals surface area contributed by atoms with Crippen molar-refractivity contribution in [3.8, 4) is 0 Å². The van der Waals surface area contributed by atoms with Gasteiger partial charge in [-0.2, -0.15) is 0 Å². The Morgan fingerprint density at radius 2 is 1.89 bits per heavy atom. The van der Waals surface area contributed by atoms with Crippen LogP contribution in [0.15, 0.2) is 52.9 Å². The largest absolute Gasteiger partial charge is 0.460 e. The zero-order valence-electron chi connectivity index (χ0n) is 10.7. The molecule has 3 aromatic rings. The molecule has 0 unspecified atom stereocenters. The van der Waals surface area contributed by atoms with Crippen LogP contribution in [0.25, 0.3) is 11.0 Å². The summed E-state index contributed by atoms with van der Waals surface area (Å²) in [5.74, 6) is 0.962. The summed E-state index contributed by atoms with van der Waals surface area (Å²) in [6.45, 7) is 2.06. The highest BCUT2D eigenvalue weighted by atomic mass is 16.3. The van der Waals surface area contributed by atoms with Crippen LogP contribution < -0.4 is 0 Å². The van der Waals surface area contributed by atoms with E-state index in [1.807, 2.05) is 30.3 Å². The van der Waals surface area contributed by atoms with Crippen molar-refractivity contribution >= 4 is 17.3 Å². The second-order valence-corrected chi connectivity index (χ2v) is 4.69. The lowest BCUT2D eigenvalue weighted by Gasteiger charge is -1.98. The molecule has 0 aliphatic heterocycles. The Hall–Kier alpha value is -2.35. The predicted octanol–water partition coefficient (Wildman–Crippen LogP) is 4.14. The average Bonchev–Trinajstić information content (AvgIpc) is 2.76. The average molecular weight is 250 g/mol. The number of carbonyl (C=O) groups is 1.